The number of aromatic nitrogens is 2. The van der Waals surface area contributed by atoms with Crippen molar-refractivity contribution in [3.05, 3.63) is 18.0 Å². The summed E-state index contributed by atoms with van der Waals surface area (Å²) in [4.78, 5) is 0. The van der Waals surface area contributed by atoms with Gasteiger partial charge in [-0.1, -0.05) is 12.8 Å². The van der Waals surface area contributed by atoms with E-state index in [1.165, 1.54) is 31.2 Å². The number of aryl methyl sites for hydroxylation is 1. The molecule has 3 heteroatoms. The third-order valence-electron chi connectivity index (χ3n) is 2.94. The Balaban J connectivity index is 2.04. The molecule has 1 fully saturated rings. The van der Waals surface area contributed by atoms with E-state index in [4.69, 9.17) is 0 Å². The van der Waals surface area contributed by atoms with Gasteiger partial charge in [-0.25, -0.2) is 0 Å². The van der Waals surface area contributed by atoms with Gasteiger partial charge in [0.2, 0.25) is 0 Å². The number of nitrogens with one attached hydrogen (secondary N) is 1. The molecule has 1 saturated heterocycles. The summed E-state index contributed by atoms with van der Waals surface area (Å²) in [5.41, 5.74) is 1.36. The van der Waals surface area contributed by atoms with Gasteiger partial charge in [-0.3, -0.25) is 4.68 Å². The maximum Gasteiger partial charge on any atom is 0.0537 e. The minimum atomic E-state index is 0.540. The lowest BCUT2D eigenvalue weighted by Gasteiger charge is -2.12. The van der Waals surface area contributed by atoms with E-state index in [9.17, 15) is 0 Å². The molecule has 0 radical (unpaired) electrons. The zero-order valence-corrected chi connectivity index (χ0v) is 8.87. The first-order chi connectivity index (χ1) is 6.90. The van der Waals surface area contributed by atoms with Gasteiger partial charge in [0, 0.05) is 24.3 Å². The van der Waals surface area contributed by atoms with E-state index in [2.05, 4.69) is 23.5 Å². The molecule has 2 rings (SSSR count). The Bertz CT molecular complexity index is 272. The SMILES string of the molecule is CCn1cc(C2CCCCCN2)cn1. The van der Waals surface area contributed by atoms with Crippen LogP contribution in [-0.2, 0) is 6.54 Å². The molecule has 14 heavy (non-hydrogen) atoms. The van der Waals surface area contributed by atoms with Gasteiger partial charge in [-0.2, -0.15) is 5.10 Å². The fourth-order valence-corrected chi connectivity index (χ4v) is 2.05. The van der Waals surface area contributed by atoms with E-state index >= 15 is 0 Å². The normalized spacial score (nSPS) is 23.4. The van der Waals surface area contributed by atoms with Crippen molar-refractivity contribution in [2.75, 3.05) is 6.54 Å². The van der Waals surface area contributed by atoms with Gasteiger partial charge in [0.1, 0.15) is 0 Å². The van der Waals surface area contributed by atoms with Crippen LogP contribution in [0.4, 0.5) is 0 Å². The minimum absolute atomic E-state index is 0.540. The second kappa shape index (κ2) is 4.60. The molecule has 0 saturated carbocycles. The molecule has 3 nitrogen and oxygen atoms in total. The number of rotatable bonds is 2. The molecule has 1 aromatic rings. The standard InChI is InChI=1S/C11H19N3/c1-2-14-9-10(8-13-14)11-6-4-3-5-7-12-11/h8-9,11-12H,2-7H2,1H3. The molecule has 1 unspecified atom stereocenters. The molecule has 0 aromatic carbocycles. The second-order valence-electron chi connectivity index (χ2n) is 3.99. The molecule has 1 aliphatic heterocycles. The highest BCUT2D eigenvalue weighted by molar-refractivity contribution is 5.10. The van der Waals surface area contributed by atoms with Gasteiger partial charge >= 0.3 is 0 Å². The second-order valence-corrected chi connectivity index (χ2v) is 3.99. The van der Waals surface area contributed by atoms with Crippen molar-refractivity contribution in [3.8, 4) is 0 Å². The van der Waals surface area contributed by atoms with Crippen LogP contribution >= 0.6 is 0 Å². The quantitative estimate of drug-likeness (QED) is 0.779. The Morgan fingerprint density at radius 1 is 1.50 bits per heavy atom. The summed E-state index contributed by atoms with van der Waals surface area (Å²) in [5.74, 6) is 0. The summed E-state index contributed by atoms with van der Waals surface area (Å²) in [6.07, 6.45) is 9.46. The maximum absolute atomic E-state index is 4.32. The fraction of sp³-hybridized carbons (Fsp3) is 0.727. The minimum Gasteiger partial charge on any atom is -0.310 e. The predicted molar refractivity (Wildman–Crippen MR) is 57.1 cm³/mol. The van der Waals surface area contributed by atoms with Gasteiger partial charge < -0.3 is 5.32 Å². The number of hydrogen-bond acceptors (Lipinski definition) is 2. The Hall–Kier alpha value is -0.830. The molecular weight excluding hydrogens is 174 g/mol. The fourth-order valence-electron chi connectivity index (χ4n) is 2.05. The lowest BCUT2D eigenvalue weighted by molar-refractivity contribution is 0.533. The van der Waals surface area contributed by atoms with Crippen molar-refractivity contribution in [3.63, 3.8) is 0 Å². The van der Waals surface area contributed by atoms with Crippen LogP contribution in [0.1, 0.15) is 44.2 Å². The summed E-state index contributed by atoms with van der Waals surface area (Å²) in [5, 5.41) is 7.90. The van der Waals surface area contributed by atoms with E-state index < -0.39 is 0 Å². The van der Waals surface area contributed by atoms with Crippen LogP contribution in [-0.4, -0.2) is 16.3 Å². The molecule has 0 spiro atoms. The van der Waals surface area contributed by atoms with E-state index in [-0.39, 0.29) is 0 Å². The average Bonchev–Trinajstić information content (AvgIpc) is 2.53. The highest BCUT2D eigenvalue weighted by Crippen LogP contribution is 2.21. The molecule has 0 bridgehead atoms. The van der Waals surface area contributed by atoms with E-state index in [0.717, 1.165) is 13.1 Å². The summed E-state index contributed by atoms with van der Waals surface area (Å²) in [7, 11) is 0. The zero-order chi connectivity index (χ0) is 9.80. The smallest absolute Gasteiger partial charge is 0.0537 e. The molecule has 1 atom stereocenters. The molecular formula is C11H19N3. The van der Waals surface area contributed by atoms with Crippen molar-refractivity contribution in [1.29, 1.82) is 0 Å². The summed E-state index contributed by atoms with van der Waals surface area (Å²) in [6.45, 7) is 4.24. The molecule has 2 heterocycles. The van der Waals surface area contributed by atoms with Crippen LogP contribution in [0.25, 0.3) is 0 Å². The Labute approximate surface area is 85.5 Å². The average molecular weight is 193 g/mol. The molecule has 1 aliphatic rings. The largest absolute Gasteiger partial charge is 0.310 e. The molecule has 78 valence electrons. The van der Waals surface area contributed by atoms with Crippen molar-refractivity contribution in [2.24, 2.45) is 0 Å². The summed E-state index contributed by atoms with van der Waals surface area (Å²) in [6, 6.07) is 0.540. The van der Waals surface area contributed by atoms with Gasteiger partial charge in [0.15, 0.2) is 0 Å². The van der Waals surface area contributed by atoms with Crippen molar-refractivity contribution in [1.82, 2.24) is 15.1 Å². The Morgan fingerprint density at radius 3 is 3.21 bits per heavy atom. The molecule has 0 amide bonds. The number of nitrogens with zero attached hydrogens (tertiary/aromatic N) is 2. The Kier molecular flexibility index (Phi) is 3.19. The first-order valence-electron chi connectivity index (χ1n) is 5.66. The van der Waals surface area contributed by atoms with Crippen LogP contribution in [0.5, 0.6) is 0 Å². The molecule has 0 aliphatic carbocycles. The lowest BCUT2D eigenvalue weighted by atomic mass is 10.1. The third-order valence-corrected chi connectivity index (χ3v) is 2.94. The zero-order valence-electron chi connectivity index (χ0n) is 8.87. The predicted octanol–water partition coefficient (Wildman–Crippen LogP) is 2.11. The monoisotopic (exact) mass is 193 g/mol. The Morgan fingerprint density at radius 2 is 2.43 bits per heavy atom. The van der Waals surface area contributed by atoms with Crippen LogP contribution in [0.3, 0.4) is 0 Å². The van der Waals surface area contributed by atoms with Gasteiger partial charge in [0.25, 0.3) is 0 Å². The number of hydrogen-bond donors (Lipinski definition) is 1. The van der Waals surface area contributed by atoms with E-state index in [1.807, 2.05) is 10.9 Å². The van der Waals surface area contributed by atoms with Crippen molar-refractivity contribution >= 4 is 0 Å². The van der Waals surface area contributed by atoms with E-state index in [1.54, 1.807) is 0 Å². The molecule has 1 N–H and O–H groups in total. The summed E-state index contributed by atoms with van der Waals surface area (Å²) >= 11 is 0. The first kappa shape index (κ1) is 9.71. The van der Waals surface area contributed by atoms with Crippen LogP contribution < -0.4 is 5.32 Å². The lowest BCUT2D eigenvalue weighted by Crippen LogP contribution is -2.19. The van der Waals surface area contributed by atoms with Gasteiger partial charge in [-0.15, -0.1) is 0 Å². The van der Waals surface area contributed by atoms with Crippen molar-refractivity contribution in [2.45, 2.75) is 45.2 Å². The highest BCUT2D eigenvalue weighted by atomic mass is 15.3. The van der Waals surface area contributed by atoms with Gasteiger partial charge in [-0.05, 0) is 26.3 Å². The maximum atomic E-state index is 4.32. The highest BCUT2D eigenvalue weighted by Gasteiger charge is 2.14. The van der Waals surface area contributed by atoms with Crippen LogP contribution in [0.2, 0.25) is 0 Å². The van der Waals surface area contributed by atoms with Crippen LogP contribution in [0, 0.1) is 0 Å². The molecule has 1 aromatic heterocycles. The van der Waals surface area contributed by atoms with Crippen molar-refractivity contribution < 1.29 is 0 Å². The topological polar surface area (TPSA) is 29.9 Å². The van der Waals surface area contributed by atoms with Gasteiger partial charge in [0.05, 0.1) is 6.20 Å². The third kappa shape index (κ3) is 2.15. The first-order valence-corrected chi connectivity index (χ1v) is 5.66. The summed E-state index contributed by atoms with van der Waals surface area (Å²) < 4.78 is 2.00. The van der Waals surface area contributed by atoms with Crippen LogP contribution in [0.15, 0.2) is 12.4 Å². The van der Waals surface area contributed by atoms with E-state index in [0.29, 0.717) is 6.04 Å².